The van der Waals surface area contributed by atoms with Crippen LogP contribution >= 0.6 is 0 Å². The van der Waals surface area contributed by atoms with Crippen LogP contribution in [0.2, 0.25) is 0 Å². The number of hydrogen-bond acceptors (Lipinski definition) is 5. The number of aromatic nitrogens is 2. The van der Waals surface area contributed by atoms with Crippen LogP contribution in [0.15, 0.2) is 6.33 Å². The number of aliphatic hydroxyl groups is 1. The van der Waals surface area contributed by atoms with Gasteiger partial charge in [-0.2, -0.15) is 0 Å². The molecule has 0 amide bonds. The molecule has 1 aromatic heterocycles. The molecule has 0 radical (unpaired) electrons. The molecule has 0 aliphatic carbocycles. The summed E-state index contributed by atoms with van der Waals surface area (Å²) in [6.45, 7) is 8.35. The second-order valence-corrected chi connectivity index (χ2v) is 5.17. The van der Waals surface area contributed by atoms with E-state index in [0.29, 0.717) is 5.92 Å². The highest BCUT2D eigenvalue weighted by atomic mass is 16.3. The normalized spacial score (nSPS) is 12.2. The fourth-order valence-corrected chi connectivity index (χ4v) is 2.23. The third kappa shape index (κ3) is 5.33. The fraction of sp³-hybridized carbons (Fsp3) is 0.733. The molecule has 1 heterocycles. The van der Waals surface area contributed by atoms with Crippen LogP contribution in [0.5, 0.6) is 0 Å². The average Bonchev–Trinajstić information content (AvgIpc) is 2.45. The number of rotatable bonds is 10. The minimum absolute atomic E-state index is 0.248. The summed E-state index contributed by atoms with van der Waals surface area (Å²) in [4.78, 5) is 8.59. The van der Waals surface area contributed by atoms with Crippen molar-refractivity contribution in [3.8, 4) is 0 Å². The van der Waals surface area contributed by atoms with Crippen molar-refractivity contribution in [3.05, 3.63) is 11.9 Å². The molecule has 3 N–H and O–H groups in total. The quantitative estimate of drug-likeness (QED) is 0.615. The molecule has 1 aromatic rings. The molecule has 1 unspecified atom stereocenters. The molecule has 0 aromatic carbocycles. The van der Waals surface area contributed by atoms with Crippen molar-refractivity contribution >= 4 is 11.6 Å². The Balaban J connectivity index is 2.62. The Hall–Kier alpha value is -1.36. The van der Waals surface area contributed by atoms with E-state index in [9.17, 15) is 0 Å². The Kier molecular flexibility index (Phi) is 7.95. The van der Waals surface area contributed by atoms with Crippen molar-refractivity contribution in [2.24, 2.45) is 5.92 Å². The van der Waals surface area contributed by atoms with Crippen LogP contribution < -0.4 is 10.6 Å². The predicted octanol–water partition coefficient (Wildman–Crippen LogP) is 2.82. The van der Waals surface area contributed by atoms with Gasteiger partial charge in [-0.1, -0.05) is 20.3 Å². The first-order chi connectivity index (χ1) is 9.72. The van der Waals surface area contributed by atoms with Crippen molar-refractivity contribution in [1.29, 1.82) is 0 Å². The van der Waals surface area contributed by atoms with Crippen molar-refractivity contribution in [1.82, 2.24) is 9.97 Å². The van der Waals surface area contributed by atoms with Crippen LogP contribution in [0.3, 0.4) is 0 Å². The lowest BCUT2D eigenvalue weighted by molar-refractivity contribution is 0.255. The second kappa shape index (κ2) is 9.53. The van der Waals surface area contributed by atoms with Crippen LogP contribution in [0.25, 0.3) is 0 Å². The zero-order valence-corrected chi connectivity index (χ0v) is 12.9. The Morgan fingerprint density at radius 1 is 1.10 bits per heavy atom. The maximum Gasteiger partial charge on any atom is 0.134 e. The number of aliphatic hydroxyl groups excluding tert-OH is 1. The molecule has 20 heavy (non-hydrogen) atoms. The van der Waals surface area contributed by atoms with E-state index in [2.05, 4.69) is 34.4 Å². The monoisotopic (exact) mass is 280 g/mol. The minimum atomic E-state index is 0.248. The summed E-state index contributed by atoms with van der Waals surface area (Å²) in [6.07, 6.45) is 5.76. The molecule has 5 nitrogen and oxygen atoms in total. The van der Waals surface area contributed by atoms with Gasteiger partial charge in [-0.25, -0.2) is 9.97 Å². The van der Waals surface area contributed by atoms with Crippen LogP contribution in [0.1, 0.15) is 45.1 Å². The summed E-state index contributed by atoms with van der Waals surface area (Å²) in [5.41, 5.74) is 1.06. The van der Waals surface area contributed by atoms with E-state index in [4.69, 9.17) is 5.11 Å². The minimum Gasteiger partial charge on any atom is -0.396 e. The molecular formula is C15H28N4O. The zero-order chi connectivity index (χ0) is 14.8. The summed E-state index contributed by atoms with van der Waals surface area (Å²) in [6, 6.07) is 0. The van der Waals surface area contributed by atoms with Gasteiger partial charge in [0.25, 0.3) is 0 Å². The van der Waals surface area contributed by atoms with Crippen LogP contribution in [0, 0.1) is 12.8 Å². The van der Waals surface area contributed by atoms with E-state index in [0.717, 1.165) is 56.0 Å². The van der Waals surface area contributed by atoms with Gasteiger partial charge in [0.1, 0.15) is 18.0 Å². The lowest BCUT2D eigenvalue weighted by Crippen LogP contribution is -2.17. The van der Waals surface area contributed by atoms with Crippen LogP contribution in [-0.2, 0) is 0 Å². The number of nitrogens with zero attached hydrogens (tertiary/aromatic N) is 2. The van der Waals surface area contributed by atoms with E-state index >= 15 is 0 Å². The van der Waals surface area contributed by atoms with Gasteiger partial charge < -0.3 is 15.7 Å². The molecule has 1 rings (SSSR count). The highest BCUT2D eigenvalue weighted by molar-refractivity contribution is 5.56. The Morgan fingerprint density at radius 2 is 1.80 bits per heavy atom. The van der Waals surface area contributed by atoms with E-state index < -0.39 is 0 Å². The van der Waals surface area contributed by atoms with Crippen molar-refractivity contribution in [3.63, 3.8) is 0 Å². The molecule has 0 bridgehead atoms. The second-order valence-electron chi connectivity index (χ2n) is 5.17. The maximum atomic E-state index is 9.09. The predicted molar refractivity (Wildman–Crippen MR) is 84.1 cm³/mol. The standard InChI is InChI=1S/C15H28N4O/c1-4-6-13(7-9-20)10-17-15-12(3)14(16-8-5-2)18-11-19-15/h11,13,20H,4-10H2,1-3H3,(H2,16,17,18,19). The van der Waals surface area contributed by atoms with E-state index in [1.165, 1.54) is 0 Å². The molecule has 0 aliphatic heterocycles. The van der Waals surface area contributed by atoms with Gasteiger partial charge in [-0.15, -0.1) is 0 Å². The fourth-order valence-electron chi connectivity index (χ4n) is 2.23. The largest absolute Gasteiger partial charge is 0.396 e. The lowest BCUT2D eigenvalue weighted by Gasteiger charge is -2.18. The summed E-state index contributed by atoms with van der Waals surface area (Å²) >= 11 is 0. The average molecular weight is 280 g/mol. The number of hydrogen-bond donors (Lipinski definition) is 3. The van der Waals surface area contributed by atoms with Gasteiger partial charge in [0.15, 0.2) is 0 Å². The Morgan fingerprint density at radius 3 is 2.40 bits per heavy atom. The number of anilines is 2. The first-order valence-corrected chi connectivity index (χ1v) is 7.63. The first-order valence-electron chi connectivity index (χ1n) is 7.63. The van der Waals surface area contributed by atoms with Crippen molar-refractivity contribution < 1.29 is 5.11 Å². The smallest absolute Gasteiger partial charge is 0.134 e. The summed E-state index contributed by atoms with van der Waals surface area (Å²) in [7, 11) is 0. The molecule has 0 saturated carbocycles. The van der Waals surface area contributed by atoms with E-state index in [-0.39, 0.29) is 6.61 Å². The lowest BCUT2D eigenvalue weighted by atomic mass is 10.0. The van der Waals surface area contributed by atoms with E-state index in [1.54, 1.807) is 6.33 Å². The van der Waals surface area contributed by atoms with Gasteiger partial charge in [0.05, 0.1) is 0 Å². The Bertz CT molecular complexity index is 378. The molecule has 5 heteroatoms. The topological polar surface area (TPSA) is 70.1 Å². The molecule has 0 saturated heterocycles. The van der Waals surface area contributed by atoms with Crippen molar-refractivity contribution in [2.75, 3.05) is 30.3 Å². The highest BCUT2D eigenvalue weighted by Gasteiger charge is 2.10. The van der Waals surface area contributed by atoms with E-state index in [1.807, 2.05) is 6.92 Å². The third-order valence-electron chi connectivity index (χ3n) is 3.42. The zero-order valence-electron chi connectivity index (χ0n) is 12.9. The third-order valence-corrected chi connectivity index (χ3v) is 3.42. The summed E-state index contributed by atoms with van der Waals surface area (Å²) in [5.74, 6) is 2.28. The molecule has 0 aliphatic rings. The number of nitrogens with one attached hydrogen (secondary N) is 2. The van der Waals surface area contributed by atoms with Gasteiger partial charge in [-0.3, -0.25) is 0 Å². The van der Waals surface area contributed by atoms with Gasteiger partial charge in [0.2, 0.25) is 0 Å². The molecular weight excluding hydrogens is 252 g/mol. The molecule has 0 spiro atoms. The molecule has 0 fully saturated rings. The van der Waals surface area contributed by atoms with Crippen LogP contribution in [0.4, 0.5) is 11.6 Å². The SMILES string of the molecule is CCCNc1ncnc(NCC(CCC)CCO)c1C. The van der Waals surface area contributed by atoms with Crippen molar-refractivity contribution in [2.45, 2.75) is 46.5 Å². The van der Waals surface area contributed by atoms with Gasteiger partial charge in [0, 0.05) is 25.3 Å². The summed E-state index contributed by atoms with van der Waals surface area (Å²) in [5, 5.41) is 15.8. The van der Waals surface area contributed by atoms with Crippen LogP contribution in [-0.4, -0.2) is 34.8 Å². The maximum absolute atomic E-state index is 9.09. The first kappa shape index (κ1) is 16.7. The highest BCUT2D eigenvalue weighted by Crippen LogP contribution is 2.19. The van der Waals surface area contributed by atoms with Gasteiger partial charge >= 0.3 is 0 Å². The Labute approximate surface area is 122 Å². The van der Waals surface area contributed by atoms with Gasteiger partial charge in [-0.05, 0) is 32.1 Å². The summed E-state index contributed by atoms with van der Waals surface area (Å²) < 4.78 is 0. The molecule has 114 valence electrons. The molecule has 1 atom stereocenters.